The Kier molecular flexibility index (Phi) is 4.04. The van der Waals surface area contributed by atoms with Crippen LogP contribution in [0, 0.1) is 5.92 Å². The Morgan fingerprint density at radius 3 is 2.95 bits per heavy atom. The van der Waals surface area contributed by atoms with E-state index >= 15 is 0 Å². The number of benzene rings is 1. The maximum atomic E-state index is 12.0. The Labute approximate surface area is 126 Å². The second-order valence-electron chi connectivity index (χ2n) is 6.09. The van der Waals surface area contributed by atoms with E-state index in [1.54, 1.807) is 0 Å². The van der Waals surface area contributed by atoms with Crippen LogP contribution in [0.2, 0.25) is 0 Å². The topological polar surface area (TPSA) is 55.6 Å². The highest BCUT2D eigenvalue weighted by atomic mass is 16.5. The van der Waals surface area contributed by atoms with E-state index in [2.05, 4.69) is 4.90 Å². The SMILES string of the molecule is CCOC(=O)c1cc(N2CCCC3CCCC32)ccc1N. The van der Waals surface area contributed by atoms with E-state index in [1.807, 2.05) is 25.1 Å². The molecule has 0 spiro atoms. The van der Waals surface area contributed by atoms with Gasteiger partial charge in [0.15, 0.2) is 0 Å². The van der Waals surface area contributed by atoms with Crippen molar-refractivity contribution >= 4 is 17.3 Å². The predicted molar refractivity (Wildman–Crippen MR) is 84.5 cm³/mol. The largest absolute Gasteiger partial charge is 0.462 e. The maximum Gasteiger partial charge on any atom is 0.340 e. The minimum absolute atomic E-state index is 0.322. The number of hydrogen-bond donors (Lipinski definition) is 1. The van der Waals surface area contributed by atoms with Crippen molar-refractivity contribution in [2.24, 2.45) is 5.92 Å². The van der Waals surface area contributed by atoms with Gasteiger partial charge in [0.05, 0.1) is 12.2 Å². The first-order valence-corrected chi connectivity index (χ1v) is 8.04. The van der Waals surface area contributed by atoms with Gasteiger partial charge >= 0.3 is 5.97 Å². The van der Waals surface area contributed by atoms with E-state index in [1.165, 1.54) is 32.1 Å². The highest BCUT2D eigenvalue weighted by molar-refractivity contribution is 5.96. The number of ether oxygens (including phenoxy) is 1. The smallest absolute Gasteiger partial charge is 0.340 e. The predicted octanol–water partition coefficient (Wildman–Crippen LogP) is 3.21. The van der Waals surface area contributed by atoms with Crippen LogP contribution < -0.4 is 10.6 Å². The third kappa shape index (κ3) is 2.71. The van der Waals surface area contributed by atoms with E-state index in [9.17, 15) is 4.79 Å². The summed E-state index contributed by atoms with van der Waals surface area (Å²) in [5.74, 6) is 0.499. The molecule has 2 fully saturated rings. The van der Waals surface area contributed by atoms with Crippen LogP contribution in [0.25, 0.3) is 0 Å². The number of nitrogen functional groups attached to an aromatic ring is 1. The molecule has 1 saturated heterocycles. The second kappa shape index (κ2) is 5.96. The molecule has 1 aromatic rings. The Bertz CT molecular complexity index is 530. The molecule has 4 nitrogen and oxygen atoms in total. The maximum absolute atomic E-state index is 12.0. The van der Waals surface area contributed by atoms with Crippen LogP contribution >= 0.6 is 0 Å². The van der Waals surface area contributed by atoms with E-state index < -0.39 is 0 Å². The summed E-state index contributed by atoms with van der Waals surface area (Å²) in [6.07, 6.45) is 6.53. The van der Waals surface area contributed by atoms with Gasteiger partial charge in [-0.1, -0.05) is 6.42 Å². The molecule has 3 rings (SSSR count). The highest BCUT2D eigenvalue weighted by Gasteiger charge is 2.35. The highest BCUT2D eigenvalue weighted by Crippen LogP contribution is 2.39. The Morgan fingerprint density at radius 2 is 2.14 bits per heavy atom. The second-order valence-corrected chi connectivity index (χ2v) is 6.09. The molecular weight excluding hydrogens is 264 g/mol. The molecule has 0 radical (unpaired) electrons. The van der Waals surface area contributed by atoms with Gasteiger partial charge in [0.1, 0.15) is 0 Å². The van der Waals surface area contributed by atoms with Crippen LogP contribution in [-0.2, 0) is 4.74 Å². The molecule has 2 N–H and O–H groups in total. The van der Waals surface area contributed by atoms with Crippen molar-refractivity contribution in [1.82, 2.24) is 0 Å². The zero-order valence-electron chi connectivity index (χ0n) is 12.7. The van der Waals surface area contributed by atoms with Crippen molar-refractivity contribution in [2.45, 2.75) is 45.1 Å². The Balaban J connectivity index is 1.88. The molecular formula is C17H24N2O2. The molecule has 2 unspecified atom stereocenters. The summed E-state index contributed by atoms with van der Waals surface area (Å²) in [6.45, 7) is 3.26. The number of hydrogen-bond acceptors (Lipinski definition) is 4. The van der Waals surface area contributed by atoms with Crippen molar-refractivity contribution in [3.63, 3.8) is 0 Å². The molecule has 1 heterocycles. The van der Waals surface area contributed by atoms with Crippen molar-refractivity contribution in [3.05, 3.63) is 23.8 Å². The fourth-order valence-electron chi connectivity index (χ4n) is 3.88. The molecule has 114 valence electrons. The number of carbonyl (C=O) groups excluding carboxylic acids is 1. The van der Waals surface area contributed by atoms with Crippen LogP contribution in [0.4, 0.5) is 11.4 Å². The number of nitrogens with zero attached hydrogens (tertiary/aromatic N) is 1. The first kappa shape index (κ1) is 14.2. The van der Waals surface area contributed by atoms with Crippen LogP contribution in [0.1, 0.15) is 49.4 Å². The van der Waals surface area contributed by atoms with Gasteiger partial charge in [-0.05, 0) is 56.7 Å². The number of rotatable bonds is 3. The average Bonchev–Trinajstić information content (AvgIpc) is 2.96. The number of piperidine rings is 1. The number of esters is 1. The lowest BCUT2D eigenvalue weighted by molar-refractivity contribution is 0.0527. The van der Waals surface area contributed by atoms with Gasteiger partial charge in [0, 0.05) is 24.0 Å². The summed E-state index contributed by atoms with van der Waals surface area (Å²) >= 11 is 0. The summed E-state index contributed by atoms with van der Waals surface area (Å²) in [4.78, 5) is 14.5. The van der Waals surface area contributed by atoms with Gasteiger partial charge in [-0.3, -0.25) is 0 Å². The standard InChI is InChI=1S/C17H24N2O2/c1-2-21-17(20)14-11-13(8-9-15(14)18)19-10-4-6-12-5-3-7-16(12)19/h8-9,11-12,16H,2-7,10,18H2,1H3. The fourth-order valence-corrected chi connectivity index (χ4v) is 3.88. The van der Waals surface area contributed by atoms with Crippen molar-refractivity contribution in [3.8, 4) is 0 Å². The molecule has 1 aliphatic carbocycles. The Morgan fingerprint density at radius 1 is 1.33 bits per heavy atom. The molecule has 1 aliphatic heterocycles. The molecule has 4 heteroatoms. The molecule has 0 aromatic heterocycles. The Hall–Kier alpha value is -1.71. The van der Waals surface area contributed by atoms with E-state index in [0.717, 1.165) is 18.2 Å². The summed E-state index contributed by atoms with van der Waals surface area (Å²) in [5.41, 5.74) is 8.04. The van der Waals surface area contributed by atoms with Gasteiger partial charge < -0.3 is 15.4 Å². The minimum atomic E-state index is -0.322. The van der Waals surface area contributed by atoms with Gasteiger partial charge in [-0.25, -0.2) is 4.79 Å². The molecule has 2 aliphatic rings. The lowest BCUT2D eigenvalue weighted by Crippen LogP contribution is -2.42. The average molecular weight is 288 g/mol. The zero-order chi connectivity index (χ0) is 14.8. The number of nitrogens with two attached hydrogens (primary N) is 1. The van der Waals surface area contributed by atoms with Crippen molar-refractivity contribution in [1.29, 1.82) is 0 Å². The molecule has 0 amide bonds. The van der Waals surface area contributed by atoms with Crippen molar-refractivity contribution < 1.29 is 9.53 Å². The molecule has 21 heavy (non-hydrogen) atoms. The van der Waals surface area contributed by atoms with Gasteiger partial charge in [-0.2, -0.15) is 0 Å². The van der Waals surface area contributed by atoms with Crippen LogP contribution in [0.15, 0.2) is 18.2 Å². The third-order valence-electron chi connectivity index (χ3n) is 4.86. The van der Waals surface area contributed by atoms with Crippen LogP contribution in [0.5, 0.6) is 0 Å². The van der Waals surface area contributed by atoms with Gasteiger partial charge in [-0.15, -0.1) is 0 Å². The van der Waals surface area contributed by atoms with E-state index in [-0.39, 0.29) is 5.97 Å². The molecule has 0 bridgehead atoms. The van der Waals surface area contributed by atoms with Gasteiger partial charge in [0.2, 0.25) is 0 Å². The number of fused-ring (bicyclic) bond motifs is 1. The minimum Gasteiger partial charge on any atom is -0.462 e. The summed E-state index contributed by atoms with van der Waals surface area (Å²) in [5, 5.41) is 0. The van der Waals surface area contributed by atoms with Gasteiger partial charge in [0.25, 0.3) is 0 Å². The first-order valence-electron chi connectivity index (χ1n) is 8.04. The van der Waals surface area contributed by atoms with Crippen molar-refractivity contribution in [2.75, 3.05) is 23.8 Å². The lowest BCUT2D eigenvalue weighted by Gasteiger charge is -2.39. The third-order valence-corrected chi connectivity index (χ3v) is 4.86. The zero-order valence-corrected chi connectivity index (χ0v) is 12.7. The fraction of sp³-hybridized carbons (Fsp3) is 0.588. The number of carbonyl (C=O) groups is 1. The van der Waals surface area contributed by atoms with E-state index in [0.29, 0.717) is 23.9 Å². The number of anilines is 2. The van der Waals surface area contributed by atoms with Crippen LogP contribution in [-0.4, -0.2) is 25.2 Å². The quantitative estimate of drug-likeness (QED) is 0.685. The van der Waals surface area contributed by atoms with E-state index in [4.69, 9.17) is 10.5 Å². The normalized spacial score (nSPS) is 24.7. The summed E-state index contributed by atoms with van der Waals surface area (Å²) < 4.78 is 5.10. The summed E-state index contributed by atoms with van der Waals surface area (Å²) in [7, 11) is 0. The molecule has 1 aromatic carbocycles. The van der Waals surface area contributed by atoms with Crippen LogP contribution in [0.3, 0.4) is 0 Å². The molecule has 2 atom stereocenters. The lowest BCUT2D eigenvalue weighted by atomic mass is 9.91. The molecule has 1 saturated carbocycles. The monoisotopic (exact) mass is 288 g/mol. The first-order chi connectivity index (χ1) is 10.2. The summed E-state index contributed by atoms with van der Waals surface area (Å²) in [6, 6.07) is 6.42.